The Morgan fingerprint density at radius 3 is 2.77 bits per heavy atom. The van der Waals surface area contributed by atoms with E-state index in [2.05, 4.69) is 15.5 Å². The normalized spacial score (nSPS) is 12.9. The molecule has 1 rings (SSSR count). The number of anilines is 1. The molecule has 0 aliphatic carbocycles. The van der Waals surface area contributed by atoms with Crippen molar-refractivity contribution in [2.45, 2.75) is 12.5 Å². The fraction of sp³-hybridized carbons (Fsp3) is 0.714. The number of hydrogen-bond acceptors (Lipinski definition) is 5. The first kappa shape index (κ1) is 9.94. The van der Waals surface area contributed by atoms with Gasteiger partial charge < -0.3 is 16.2 Å². The topological polar surface area (TPSA) is 89.0 Å². The fourth-order valence-corrected chi connectivity index (χ4v) is 1.14. The smallest absolute Gasteiger partial charge is 0.224 e. The van der Waals surface area contributed by atoms with E-state index in [0.717, 1.165) is 0 Å². The highest BCUT2D eigenvalue weighted by Gasteiger charge is 2.15. The van der Waals surface area contributed by atoms with Crippen molar-refractivity contribution in [1.82, 2.24) is 14.8 Å². The third-order valence-corrected chi connectivity index (χ3v) is 1.87. The molecule has 1 atom stereocenters. The Labute approximate surface area is 76.8 Å². The second-order valence-corrected chi connectivity index (χ2v) is 2.78. The minimum Gasteiger partial charge on any atom is -0.385 e. The standard InChI is InChI=1S/C7H15N5O/c1-9-7-11-10-6(12(7)2)5(13)3-4-8/h5,13H,3-4,8H2,1-2H3,(H,9,11). The molecule has 13 heavy (non-hydrogen) atoms. The minimum absolute atomic E-state index is 0.433. The van der Waals surface area contributed by atoms with Crippen LogP contribution in [0.4, 0.5) is 5.95 Å². The molecule has 0 amide bonds. The Morgan fingerprint density at radius 2 is 2.31 bits per heavy atom. The molecule has 6 nitrogen and oxygen atoms in total. The summed E-state index contributed by atoms with van der Waals surface area (Å²) in [6, 6.07) is 0. The number of nitrogens with one attached hydrogen (secondary N) is 1. The van der Waals surface area contributed by atoms with Gasteiger partial charge in [0.05, 0.1) is 0 Å². The molecule has 6 heteroatoms. The lowest BCUT2D eigenvalue weighted by atomic mass is 10.2. The molecule has 4 N–H and O–H groups in total. The molecule has 1 aromatic heterocycles. The van der Waals surface area contributed by atoms with Crippen molar-refractivity contribution in [3.63, 3.8) is 0 Å². The summed E-state index contributed by atoms with van der Waals surface area (Å²) in [7, 11) is 3.55. The number of aliphatic hydroxyl groups is 1. The molecule has 0 aliphatic heterocycles. The molecule has 0 saturated heterocycles. The van der Waals surface area contributed by atoms with E-state index >= 15 is 0 Å². The Kier molecular flexibility index (Phi) is 3.21. The number of rotatable bonds is 4. The van der Waals surface area contributed by atoms with Gasteiger partial charge in [-0.1, -0.05) is 0 Å². The summed E-state index contributed by atoms with van der Waals surface area (Å²) in [4.78, 5) is 0. The van der Waals surface area contributed by atoms with Gasteiger partial charge in [0, 0.05) is 14.1 Å². The second-order valence-electron chi connectivity index (χ2n) is 2.78. The molecule has 0 bridgehead atoms. The lowest BCUT2D eigenvalue weighted by Crippen LogP contribution is -2.11. The summed E-state index contributed by atoms with van der Waals surface area (Å²) in [5, 5.41) is 20.1. The van der Waals surface area contributed by atoms with E-state index in [1.54, 1.807) is 18.7 Å². The quantitative estimate of drug-likeness (QED) is 0.573. The van der Waals surface area contributed by atoms with Gasteiger partial charge in [-0.3, -0.25) is 4.57 Å². The van der Waals surface area contributed by atoms with Gasteiger partial charge in [-0.05, 0) is 13.0 Å². The Morgan fingerprint density at radius 1 is 1.62 bits per heavy atom. The fourth-order valence-electron chi connectivity index (χ4n) is 1.14. The van der Waals surface area contributed by atoms with Crippen molar-refractivity contribution in [3.05, 3.63) is 5.82 Å². The zero-order valence-electron chi connectivity index (χ0n) is 7.86. The van der Waals surface area contributed by atoms with E-state index in [9.17, 15) is 5.11 Å². The number of aromatic nitrogens is 3. The Hall–Kier alpha value is -1.14. The highest BCUT2D eigenvalue weighted by atomic mass is 16.3. The van der Waals surface area contributed by atoms with E-state index in [-0.39, 0.29) is 0 Å². The van der Waals surface area contributed by atoms with Crippen LogP contribution >= 0.6 is 0 Å². The molecule has 0 fully saturated rings. The van der Waals surface area contributed by atoms with Crippen LogP contribution in [0.15, 0.2) is 0 Å². The molecule has 0 aromatic carbocycles. The highest BCUT2D eigenvalue weighted by Crippen LogP contribution is 2.15. The highest BCUT2D eigenvalue weighted by molar-refractivity contribution is 5.24. The summed E-state index contributed by atoms with van der Waals surface area (Å²) < 4.78 is 1.71. The van der Waals surface area contributed by atoms with E-state index in [1.807, 2.05) is 0 Å². The maximum atomic E-state index is 9.58. The first-order chi connectivity index (χ1) is 6.20. The molecule has 0 radical (unpaired) electrons. The van der Waals surface area contributed by atoms with Crippen molar-refractivity contribution in [2.24, 2.45) is 12.8 Å². The number of aliphatic hydroxyl groups excluding tert-OH is 1. The first-order valence-corrected chi connectivity index (χ1v) is 4.16. The van der Waals surface area contributed by atoms with E-state index < -0.39 is 6.10 Å². The van der Waals surface area contributed by atoms with Gasteiger partial charge in [0.15, 0.2) is 5.82 Å². The van der Waals surface area contributed by atoms with Gasteiger partial charge in [-0.15, -0.1) is 10.2 Å². The molecule has 1 heterocycles. The first-order valence-electron chi connectivity index (χ1n) is 4.16. The Balaban J connectivity index is 2.82. The lowest BCUT2D eigenvalue weighted by molar-refractivity contribution is 0.157. The van der Waals surface area contributed by atoms with Crippen LogP contribution in [0.5, 0.6) is 0 Å². The minimum atomic E-state index is -0.635. The van der Waals surface area contributed by atoms with Crippen LogP contribution < -0.4 is 11.1 Å². The number of hydrogen-bond donors (Lipinski definition) is 3. The van der Waals surface area contributed by atoms with Crippen LogP contribution in [0.3, 0.4) is 0 Å². The van der Waals surface area contributed by atoms with E-state index in [4.69, 9.17) is 5.73 Å². The molecule has 0 spiro atoms. The van der Waals surface area contributed by atoms with Crippen LogP contribution in [0.2, 0.25) is 0 Å². The molecule has 1 unspecified atom stereocenters. The van der Waals surface area contributed by atoms with Gasteiger partial charge in [0.2, 0.25) is 5.95 Å². The average Bonchev–Trinajstić information content (AvgIpc) is 2.47. The molecule has 0 saturated carbocycles. The van der Waals surface area contributed by atoms with Crippen molar-refractivity contribution >= 4 is 5.95 Å². The third-order valence-electron chi connectivity index (χ3n) is 1.87. The van der Waals surface area contributed by atoms with Crippen LogP contribution in [-0.4, -0.2) is 33.5 Å². The van der Waals surface area contributed by atoms with Crippen molar-refractivity contribution in [1.29, 1.82) is 0 Å². The molecular formula is C7H15N5O. The van der Waals surface area contributed by atoms with E-state index in [1.165, 1.54) is 0 Å². The van der Waals surface area contributed by atoms with E-state index in [0.29, 0.717) is 24.7 Å². The maximum Gasteiger partial charge on any atom is 0.224 e. The molecule has 1 aromatic rings. The second kappa shape index (κ2) is 4.20. The summed E-state index contributed by atoms with van der Waals surface area (Å²) in [5.74, 6) is 1.17. The Bertz CT molecular complexity index is 272. The summed E-state index contributed by atoms with van der Waals surface area (Å²) in [5.41, 5.74) is 5.32. The van der Waals surface area contributed by atoms with Gasteiger partial charge in [0.1, 0.15) is 6.10 Å². The van der Waals surface area contributed by atoms with Crippen molar-refractivity contribution < 1.29 is 5.11 Å². The SMILES string of the molecule is CNc1nnc(C(O)CCN)n1C. The van der Waals surface area contributed by atoms with Gasteiger partial charge in [0.25, 0.3) is 0 Å². The maximum absolute atomic E-state index is 9.58. The van der Waals surface area contributed by atoms with Gasteiger partial charge >= 0.3 is 0 Å². The summed E-state index contributed by atoms with van der Waals surface area (Å²) in [6.45, 7) is 0.433. The molecular weight excluding hydrogens is 170 g/mol. The third kappa shape index (κ3) is 1.96. The van der Waals surface area contributed by atoms with Crippen LogP contribution in [0, 0.1) is 0 Å². The van der Waals surface area contributed by atoms with Crippen LogP contribution in [0.25, 0.3) is 0 Å². The van der Waals surface area contributed by atoms with Gasteiger partial charge in [-0.25, -0.2) is 0 Å². The predicted octanol–water partition coefficient (Wildman–Crippen LogP) is -0.761. The number of nitrogens with zero attached hydrogens (tertiary/aromatic N) is 3. The van der Waals surface area contributed by atoms with Gasteiger partial charge in [-0.2, -0.15) is 0 Å². The van der Waals surface area contributed by atoms with Crippen molar-refractivity contribution in [2.75, 3.05) is 18.9 Å². The van der Waals surface area contributed by atoms with Crippen LogP contribution in [0.1, 0.15) is 18.3 Å². The predicted molar refractivity (Wildman–Crippen MR) is 49.2 cm³/mol. The van der Waals surface area contributed by atoms with Crippen LogP contribution in [-0.2, 0) is 7.05 Å². The summed E-state index contributed by atoms with van der Waals surface area (Å²) >= 11 is 0. The monoisotopic (exact) mass is 185 g/mol. The van der Waals surface area contributed by atoms with Crippen molar-refractivity contribution in [3.8, 4) is 0 Å². The molecule has 0 aliphatic rings. The zero-order valence-corrected chi connectivity index (χ0v) is 7.86. The number of nitrogens with two attached hydrogens (primary N) is 1. The largest absolute Gasteiger partial charge is 0.385 e. The lowest BCUT2D eigenvalue weighted by Gasteiger charge is -2.08. The zero-order chi connectivity index (χ0) is 9.84. The molecule has 74 valence electrons. The average molecular weight is 185 g/mol. The summed E-state index contributed by atoms with van der Waals surface area (Å²) in [6.07, 6.45) is -0.139.